The van der Waals surface area contributed by atoms with Crippen LogP contribution in [0.1, 0.15) is 18.1 Å². The van der Waals surface area contributed by atoms with Crippen LogP contribution in [-0.4, -0.2) is 16.2 Å². The van der Waals surface area contributed by atoms with Crippen LogP contribution >= 0.6 is 0 Å². The molecule has 3 aromatic rings. The van der Waals surface area contributed by atoms with Crippen molar-refractivity contribution in [1.82, 2.24) is 9.61 Å². The van der Waals surface area contributed by atoms with E-state index in [1.807, 2.05) is 37.3 Å². The van der Waals surface area contributed by atoms with Crippen molar-refractivity contribution in [3.8, 4) is 11.8 Å². The van der Waals surface area contributed by atoms with Gasteiger partial charge in [0.15, 0.2) is 0 Å². The zero-order chi connectivity index (χ0) is 17.8. The van der Waals surface area contributed by atoms with Gasteiger partial charge in [0.1, 0.15) is 23.2 Å². The van der Waals surface area contributed by atoms with Gasteiger partial charge in [-0.15, -0.1) is 6.58 Å². The SMILES string of the molecule is C=CCc1c(Nc2ccc(OCC)cc2)n2[nH]ccc2c(C#N)c1=O. The van der Waals surface area contributed by atoms with Crippen LogP contribution in [0, 0.1) is 11.3 Å². The van der Waals surface area contributed by atoms with Gasteiger partial charge in [0.05, 0.1) is 12.1 Å². The fraction of sp³-hybridized carbons (Fsp3) is 0.158. The number of H-pyrrole nitrogens is 1. The number of nitrogens with one attached hydrogen (secondary N) is 2. The Hall–Kier alpha value is -3.46. The molecule has 0 saturated heterocycles. The number of aromatic amines is 1. The van der Waals surface area contributed by atoms with Crippen molar-refractivity contribution in [2.45, 2.75) is 13.3 Å². The standard InChI is InChI=1S/C19H18N4O2/c1-3-5-15-18(24)16(12-20)17-10-11-21-23(17)19(15)22-13-6-8-14(9-7-13)25-4-2/h3,6-11,21-22H,1,4-5H2,2H3. The lowest BCUT2D eigenvalue weighted by molar-refractivity contribution is 0.340. The molecular weight excluding hydrogens is 316 g/mol. The molecule has 2 heterocycles. The number of aromatic nitrogens is 2. The maximum absolute atomic E-state index is 12.7. The molecular formula is C19H18N4O2. The molecule has 0 unspecified atom stereocenters. The molecule has 0 aliphatic rings. The van der Waals surface area contributed by atoms with Crippen molar-refractivity contribution < 1.29 is 4.74 Å². The van der Waals surface area contributed by atoms with Gasteiger partial charge in [-0.25, -0.2) is 4.52 Å². The summed E-state index contributed by atoms with van der Waals surface area (Å²) in [5.74, 6) is 1.37. The average molecular weight is 334 g/mol. The number of ether oxygens (including phenoxy) is 1. The molecule has 0 atom stereocenters. The lowest BCUT2D eigenvalue weighted by Gasteiger charge is -2.14. The molecule has 2 N–H and O–H groups in total. The number of nitrogens with zero attached hydrogens (tertiary/aromatic N) is 2. The molecule has 3 rings (SSSR count). The van der Waals surface area contributed by atoms with Crippen LogP contribution in [0.2, 0.25) is 0 Å². The second-order valence-electron chi connectivity index (χ2n) is 5.40. The van der Waals surface area contributed by atoms with Crippen molar-refractivity contribution in [2.24, 2.45) is 0 Å². The molecule has 0 saturated carbocycles. The van der Waals surface area contributed by atoms with Gasteiger partial charge in [0.2, 0.25) is 5.43 Å². The number of allylic oxidation sites excluding steroid dienone is 1. The van der Waals surface area contributed by atoms with Gasteiger partial charge in [-0.2, -0.15) is 5.26 Å². The van der Waals surface area contributed by atoms with E-state index in [4.69, 9.17) is 4.74 Å². The van der Waals surface area contributed by atoms with Crippen LogP contribution in [0.15, 0.2) is 54.0 Å². The Morgan fingerprint density at radius 2 is 2.12 bits per heavy atom. The summed E-state index contributed by atoms with van der Waals surface area (Å²) in [5, 5.41) is 15.7. The van der Waals surface area contributed by atoms with Crippen molar-refractivity contribution in [1.29, 1.82) is 5.26 Å². The number of rotatable bonds is 6. The van der Waals surface area contributed by atoms with E-state index in [1.165, 1.54) is 0 Å². The molecule has 6 nitrogen and oxygen atoms in total. The van der Waals surface area contributed by atoms with Gasteiger partial charge in [-0.05, 0) is 43.7 Å². The second-order valence-corrected chi connectivity index (χ2v) is 5.40. The van der Waals surface area contributed by atoms with E-state index in [0.29, 0.717) is 29.9 Å². The Morgan fingerprint density at radius 1 is 1.36 bits per heavy atom. The van der Waals surface area contributed by atoms with Crippen molar-refractivity contribution in [2.75, 3.05) is 11.9 Å². The quantitative estimate of drug-likeness (QED) is 0.677. The highest BCUT2D eigenvalue weighted by Gasteiger charge is 2.17. The van der Waals surface area contributed by atoms with E-state index in [9.17, 15) is 10.1 Å². The predicted octanol–water partition coefficient (Wildman–Crippen LogP) is 3.37. The maximum atomic E-state index is 12.7. The molecule has 0 aliphatic carbocycles. The first-order chi connectivity index (χ1) is 12.2. The fourth-order valence-corrected chi connectivity index (χ4v) is 2.74. The van der Waals surface area contributed by atoms with Crippen LogP contribution in [0.5, 0.6) is 5.75 Å². The predicted molar refractivity (Wildman–Crippen MR) is 97.5 cm³/mol. The number of benzene rings is 1. The van der Waals surface area contributed by atoms with Crippen molar-refractivity contribution in [3.63, 3.8) is 0 Å². The highest BCUT2D eigenvalue weighted by molar-refractivity contribution is 5.70. The van der Waals surface area contributed by atoms with Gasteiger partial charge >= 0.3 is 0 Å². The van der Waals surface area contributed by atoms with Gasteiger partial charge in [0.25, 0.3) is 0 Å². The first kappa shape index (κ1) is 16.4. The summed E-state index contributed by atoms with van der Waals surface area (Å²) < 4.78 is 7.15. The highest BCUT2D eigenvalue weighted by Crippen LogP contribution is 2.24. The number of fused-ring (bicyclic) bond motifs is 1. The zero-order valence-electron chi connectivity index (χ0n) is 13.9. The van der Waals surface area contributed by atoms with E-state index < -0.39 is 0 Å². The number of pyridine rings is 1. The molecule has 0 fully saturated rings. The molecule has 0 radical (unpaired) electrons. The Kier molecular flexibility index (Phi) is 4.57. The summed E-state index contributed by atoms with van der Waals surface area (Å²) in [4.78, 5) is 12.7. The Balaban J connectivity index is 2.13. The van der Waals surface area contributed by atoms with Gasteiger partial charge in [-0.1, -0.05) is 6.08 Å². The summed E-state index contributed by atoms with van der Waals surface area (Å²) >= 11 is 0. The lowest BCUT2D eigenvalue weighted by Crippen LogP contribution is -2.19. The molecule has 126 valence electrons. The molecule has 0 bridgehead atoms. The lowest BCUT2D eigenvalue weighted by atomic mass is 10.1. The van der Waals surface area contributed by atoms with Crippen molar-refractivity contribution in [3.05, 3.63) is 70.5 Å². The first-order valence-electron chi connectivity index (χ1n) is 7.95. The minimum Gasteiger partial charge on any atom is -0.494 e. The topological polar surface area (TPSA) is 82.3 Å². The minimum atomic E-state index is -0.282. The van der Waals surface area contributed by atoms with Crippen LogP contribution in [0.3, 0.4) is 0 Å². The Labute approximate surface area is 145 Å². The molecule has 0 spiro atoms. The summed E-state index contributed by atoms with van der Waals surface area (Å²) in [7, 11) is 0. The average Bonchev–Trinajstić information content (AvgIpc) is 3.09. The fourth-order valence-electron chi connectivity index (χ4n) is 2.74. The van der Waals surface area contributed by atoms with E-state index in [1.54, 1.807) is 22.9 Å². The largest absolute Gasteiger partial charge is 0.494 e. The molecule has 0 aliphatic heterocycles. The molecule has 25 heavy (non-hydrogen) atoms. The van der Waals surface area contributed by atoms with Crippen LogP contribution < -0.4 is 15.5 Å². The normalized spacial score (nSPS) is 10.4. The second kappa shape index (κ2) is 6.97. The smallest absolute Gasteiger partial charge is 0.205 e. The molecule has 2 aromatic heterocycles. The van der Waals surface area contributed by atoms with Gasteiger partial charge < -0.3 is 10.1 Å². The third kappa shape index (κ3) is 3.00. The number of anilines is 2. The number of nitriles is 1. The summed E-state index contributed by atoms with van der Waals surface area (Å²) in [6, 6.07) is 11.2. The van der Waals surface area contributed by atoms with E-state index in [0.717, 1.165) is 11.4 Å². The van der Waals surface area contributed by atoms with E-state index in [-0.39, 0.29) is 11.0 Å². The van der Waals surface area contributed by atoms with E-state index >= 15 is 0 Å². The van der Waals surface area contributed by atoms with Crippen LogP contribution in [-0.2, 0) is 6.42 Å². The third-order valence-corrected chi connectivity index (χ3v) is 3.84. The first-order valence-corrected chi connectivity index (χ1v) is 7.95. The van der Waals surface area contributed by atoms with Crippen molar-refractivity contribution >= 4 is 17.0 Å². The number of hydrogen-bond acceptors (Lipinski definition) is 4. The van der Waals surface area contributed by atoms with Gasteiger partial charge in [0, 0.05) is 17.4 Å². The van der Waals surface area contributed by atoms with Gasteiger partial charge in [-0.3, -0.25) is 9.89 Å². The monoisotopic (exact) mass is 334 g/mol. The van der Waals surface area contributed by atoms with Crippen LogP contribution in [0.4, 0.5) is 11.5 Å². The molecule has 6 heteroatoms. The highest BCUT2D eigenvalue weighted by atomic mass is 16.5. The summed E-state index contributed by atoms with van der Waals surface area (Å²) in [6.45, 7) is 6.25. The minimum absolute atomic E-state index is 0.121. The molecule has 1 aromatic carbocycles. The van der Waals surface area contributed by atoms with Crippen LogP contribution in [0.25, 0.3) is 5.52 Å². The number of hydrogen-bond donors (Lipinski definition) is 2. The Bertz CT molecular complexity index is 1010. The summed E-state index contributed by atoms with van der Waals surface area (Å²) in [6.07, 6.45) is 3.70. The Morgan fingerprint density at radius 3 is 2.76 bits per heavy atom. The zero-order valence-corrected chi connectivity index (χ0v) is 13.9. The maximum Gasteiger partial charge on any atom is 0.205 e. The van der Waals surface area contributed by atoms with E-state index in [2.05, 4.69) is 17.0 Å². The third-order valence-electron chi connectivity index (χ3n) is 3.84. The summed E-state index contributed by atoms with van der Waals surface area (Å²) in [5.41, 5.74) is 1.67. The molecule has 0 amide bonds.